The van der Waals surface area contributed by atoms with E-state index in [4.69, 9.17) is 4.99 Å². The molecule has 0 radical (unpaired) electrons. The number of rotatable bonds is 2. The smallest absolute Gasteiger partial charge is 0.339 e. The first kappa shape index (κ1) is 19.9. The molecule has 0 aromatic heterocycles. The van der Waals surface area contributed by atoms with Crippen LogP contribution in [0.5, 0.6) is 0 Å². The molecule has 10 heteroatoms. The van der Waals surface area contributed by atoms with Crippen molar-refractivity contribution in [2.45, 2.75) is 37.5 Å². The van der Waals surface area contributed by atoms with E-state index in [2.05, 4.69) is 10.3 Å². The number of likely N-dealkylation sites (tertiary alicyclic amines) is 2. The average Bonchev–Trinajstić information content (AvgIpc) is 3.51. The zero-order valence-corrected chi connectivity index (χ0v) is 17.8. The number of nitrogens with zero attached hydrogens (tertiary/aromatic N) is 5. The number of nitrogens with one attached hydrogen (secondary N) is 1. The van der Waals surface area contributed by atoms with E-state index in [1.807, 2.05) is 18.2 Å². The normalized spacial score (nSPS) is 37.0. The minimum absolute atomic E-state index is 0.0824. The molecule has 3 amide bonds. The van der Waals surface area contributed by atoms with E-state index in [-0.39, 0.29) is 56.1 Å². The van der Waals surface area contributed by atoms with Crippen LogP contribution in [0.15, 0.2) is 40.7 Å². The van der Waals surface area contributed by atoms with Gasteiger partial charge in [0.05, 0.1) is 5.57 Å². The van der Waals surface area contributed by atoms with E-state index in [9.17, 15) is 18.4 Å². The Labute approximate surface area is 184 Å². The Morgan fingerprint density at radius 3 is 2.81 bits per heavy atom. The monoisotopic (exact) mass is 444 g/mol. The van der Waals surface area contributed by atoms with Crippen LogP contribution in [-0.2, 0) is 4.79 Å². The van der Waals surface area contributed by atoms with Crippen molar-refractivity contribution in [3.63, 3.8) is 0 Å². The number of halogens is 2. The maximum Gasteiger partial charge on any atom is 0.339 e. The number of allylic oxidation sites excluding steroid dienone is 1. The predicted octanol–water partition coefficient (Wildman–Crippen LogP) is 1.76. The van der Waals surface area contributed by atoms with Gasteiger partial charge in [0.1, 0.15) is 12.3 Å². The summed E-state index contributed by atoms with van der Waals surface area (Å²) in [6, 6.07) is -0.0995. The Bertz CT molecular complexity index is 981. The lowest BCUT2D eigenvalue weighted by atomic mass is 9.88. The highest BCUT2D eigenvalue weighted by molar-refractivity contribution is 6.12. The minimum Gasteiger partial charge on any atom is -0.349 e. The Morgan fingerprint density at radius 2 is 2.03 bits per heavy atom. The van der Waals surface area contributed by atoms with Crippen molar-refractivity contribution in [3.05, 3.63) is 35.7 Å². The maximum absolute atomic E-state index is 13.5. The zero-order valence-electron chi connectivity index (χ0n) is 17.8. The molecular weight excluding hydrogens is 418 g/mol. The predicted molar refractivity (Wildman–Crippen MR) is 112 cm³/mol. The summed E-state index contributed by atoms with van der Waals surface area (Å²) in [4.78, 5) is 35.3. The van der Waals surface area contributed by atoms with Crippen molar-refractivity contribution < 1.29 is 18.4 Å². The van der Waals surface area contributed by atoms with Crippen molar-refractivity contribution in [1.82, 2.24) is 25.1 Å². The second-order valence-electron chi connectivity index (χ2n) is 9.58. The molecule has 0 bridgehead atoms. The summed E-state index contributed by atoms with van der Waals surface area (Å²) < 4.78 is 27.0. The summed E-state index contributed by atoms with van der Waals surface area (Å²) in [6.07, 6.45) is 9.65. The van der Waals surface area contributed by atoms with Crippen molar-refractivity contribution in [3.8, 4) is 0 Å². The van der Waals surface area contributed by atoms with Crippen molar-refractivity contribution in [2.75, 3.05) is 26.7 Å². The Hall–Kier alpha value is -2.75. The van der Waals surface area contributed by atoms with Crippen molar-refractivity contribution in [2.24, 2.45) is 22.7 Å². The number of dihydropyridines is 1. The van der Waals surface area contributed by atoms with Gasteiger partial charge in [-0.2, -0.15) is 0 Å². The topological polar surface area (TPSA) is 71.5 Å². The fraction of sp³-hybridized carbons (Fsp3) is 0.591. The first-order valence-corrected chi connectivity index (χ1v) is 11.2. The summed E-state index contributed by atoms with van der Waals surface area (Å²) in [7, 11) is 1.70. The molecule has 8 nitrogen and oxygen atoms in total. The molecule has 5 heterocycles. The first-order chi connectivity index (χ1) is 15.3. The van der Waals surface area contributed by atoms with Gasteiger partial charge in [0.2, 0.25) is 0 Å². The number of fused-ring (bicyclic) bond motifs is 4. The standard InChI is InChI=1S/C22H26F2N6O2/c1-27-21(32)29-5-2-15(10-18(29)26-27)30-12-14-9-16(14)17-8-13(11-25-19(17)30)20(31)28-6-3-22(23,24)4-7-28/h2,5,8,10-11,14,16-19,26H,3-4,6-7,9,12H2,1H3/t14-,16-,17?,18?,19?/m0/s1. The number of hydrogen-bond acceptors (Lipinski definition) is 5. The molecule has 0 aromatic rings. The minimum atomic E-state index is -2.67. The summed E-state index contributed by atoms with van der Waals surface area (Å²) >= 11 is 0. The Balaban J connectivity index is 1.20. The maximum atomic E-state index is 13.5. The number of carbonyl (C=O) groups is 2. The molecule has 1 aliphatic carbocycles. The van der Waals surface area contributed by atoms with Crippen LogP contribution < -0.4 is 5.43 Å². The van der Waals surface area contributed by atoms with E-state index in [0.29, 0.717) is 17.4 Å². The first-order valence-electron chi connectivity index (χ1n) is 11.2. The quantitative estimate of drug-likeness (QED) is 0.705. The SMILES string of the molecule is CN1NC2C=C(N3C[C@@H]4C[C@@H]4C4C=C(C(=O)N5CCC(F)(F)CC5)C=NC43)C=CN2C1=O. The van der Waals surface area contributed by atoms with Gasteiger partial charge in [-0.15, -0.1) is 0 Å². The number of urea groups is 1. The van der Waals surface area contributed by atoms with Gasteiger partial charge < -0.3 is 9.80 Å². The lowest BCUT2D eigenvalue weighted by molar-refractivity contribution is -0.132. The fourth-order valence-electron chi connectivity index (χ4n) is 5.59. The van der Waals surface area contributed by atoms with Crippen LogP contribution >= 0.6 is 0 Å². The summed E-state index contributed by atoms with van der Waals surface area (Å²) in [6.45, 7) is 1.06. The average molecular weight is 444 g/mol. The third-order valence-corrected chi connectivity index (χ3v) is 7.53. The molecule has 5 aliphatic heterocycles. The Kier molecular flexibility index (Phi) is 4.27. The summed E-state index contributed by atoms with van der Waals surface area (Å²) in [5, 5.41) is 1.47. The second kappa shape index (κ2) is 6.87. The number of aliphatic imine (C=N–C) groups is 1. The molecule has 6 aliphatic rings. The number of amides is 3. The van der Waals surface area contributed by atoms with Gasteiger partial charge in [-0.25, -0.2) is 19.0 Å². The summed E-state index contributed by atoms with van der Waals surface area (Å²) in [5.74, 6) is -1.69. The van der Waals surface area contributed by atoms with Gasteiger partial charge in [-0.3, -0.25) is 19.7 Å². The van der Waals surface area contributed by atoms with Gasteiger partial charge >= 0.3 is 6.03 Å². The number of hydrazine groups is 1. The lowest BCUT2D eigenvalue weighted by Crippen LogP contribution is -2.48. The highest BCUT2D eigenvalue weighted by Crippen LogP contribution is 2.53. The van der Waals surface area contributed by atoms with Gasteiger partial charge in [0, 0.05) is 63.6 Å². The van der Waals surface area contributed by atoms with Gasteiger partial charge in [-0.05, 0) is 30.4 Å². The van der Waals surface area contributed by atoms with Crippen molar-refractivity contribution >= 4 is 18.2 Å². The molecule has 0 aromatic carbocycles. The number of alkyl halides is 2. The van der Waals surface area contributed by atoms with E-state index < -0.39 is 5.92 Å². The van der Waals surface area contributed by atoms with Crippen LogP contribution in [0.4, 0.5) is 13.6 Å². The molecule has 32 heavy (non-hydrogen) atoms. The van der Waals surface area contributed by atoms with Crippen LogP contribution in [0.25, 0.3) is 0 Å². The van der Waals surface area contributed by atoms with Crippen LogP contribution in [0.1, 0.15) is 19.3 Å². The van der Waals surface area contributed by atoms with E-state index in [1.165, 1.54) is 9.91 Å². The van der Waals surface area contributed by atoms with Crippen LogP contribution in [0.3, 0.4) is 0 Å². The second-order valence-corrected chi connectivity index (χ2v) is 9.58. The number of carbonyl (C=O) groups excluding carboxylic acids is 2. The highest BCUT2D eigenvalue weighted by atomic mass is 19.3. The largest absolute Gasteiger partial charge is 0.349 e. The third-order valence-electron chi connectivity index (χ3n) is 7.53. The number of hydrogen-bond donors (Lipinski definition) is 1. The molecule has 0 spiro atoms. The molecule has 1 N–H and O–H groups in total. The van der Waals surface area contributed by atoms with E-state index in [0.717, 1.165) is 18.7 Å². The van der Waals surface area contributed by atoms with Gasteiger partial charge in [-0.1, -0.05) is 6.08 Å². The third kappa shape index (κ3) is 3.15. The van der Waals surface area contributed by atoms with Crippen LogP contribution in [0.2, 0.25) is 0 Å². The molecular formula is C22H26F2N6O2. The van der Waals surface area contributed by atoms with Crippen molar-refractivity contribution in [1.29, 1.82) is 0 Å². The van der Waals surface area contributed by atoms with Crippen LogP contribution in [0, 0.1) is 17.8 Å². The molecule has 6 rings (SSSR count). The Morgan fingerprint density at radius 1 is 1.25 bits per heavy atom. The van der Waals surface area contributed by atoms with E-state index in [1.54, 1.807) is 24.4 Å². The molecule has 170 valence electrons. The highest BCUT2D eigenvalue weighted by Gasteiger charge is 2.53. The summed E-state index contributed by atoms with van der Waals surface area (Å²) in [5.41, 5.74) is 4.67. The number of piperidine rings is 2. The molecule has 1 saturated carbocycles. The van der Waals surface area contributed by atoms with E-state index >= 15 is 0 Å². The zero-order chi connectivity index (χ0) is 22.2. The lowest BCUT2D eigenvalue weighted by Gasteiger charge is -2.42. The van der Waals surface area contributed by atoms with Gasteiger partial charge in [0.15, 0.2) is 0 Å². The molecule has 3 saturated heterocycles. The van der Waals surface area contributed by atoms with Gasteiger partial charge in [0.25, 0.3) is 11.8 Å². The van der Waals surface area contributed by atoms with Crippen LogP contribution in [-0.4, -0.2) is 82.8 Å². The molecule has 3 unspecified atom stereocenters. The molecule has 4 fully saturated rings. The fourth-order valence-corrected chi connectivity index (χ4v) is 5.59. The molecule has 5 atom stereocenters.